The first-order chi connectivity index (χ1) is 14.2. The lowest BCUT2D eigenvalue weighted by Gasteiger charge is -2.45. The average molecular weight is 399 g/mol. The smallest absolute Gasteiger partial charge is 0.133 e. The van der Waals surface area contributed by atoms with Crippen LogP contribution in [0.2, 0.25) is 0 Å². The van der Waals surface area contributed by atoms with Gasteiger partial charge in [0.1, 0.15) is 11.6 Å². The molecule has 0 aromatic heterocycles. The highest BCUT2D eigenvalue weighted by Gasteiger charge is 2.46. The van der Waals surface area contributed by atoms with Crippen LogP contribution in [0.3, 0.4) is 0 Å². The third-order valence-corrected chi connectivity index (χ3v) is 6.88. The fraction of sp³-hybridized carbons (Fsp3) is 0.692. The molecular weight excluding hydrogens is 360 g/mol. The molecular formula is C26H38O3. The Morgan fingerprint density at radius 1 is 0.828 bits per heavy atom. The monoisotopic (exact) mass is 398 g/mol. The molecule has 3 heteroatoms. The Balaban J connectivity index is 1.56. The molecule has 0 spiro atoms. The number of carbonyl (C=O) groups is 2. The lowest BCUT2D eigenvalue weighted by Crippen LogP contribution is -2.46. The van der Waals surface area contributed by atoms with Gasteiger partial charge in [-0.1, -0.05) is 82.2 Å². The summed E-state index contributed by atoms with van der Waals surface area (Å²) in [7, 11) is 0. The lowest BCUT2D eigenvalue weighted by atomic mass is 9.61. The van der Waals surface area contributed by atoms with Gasteiger partial charge in [-0.2, -0.15) is 0 Å². The minimum Gasteiger partial charge on any atom is -0.373 e. The normalized spacial score (nSPS) is 18.7. The van der Waals surface area contributed by atoms with E-state index in [4.69, 9.17) is 4.74 Å². The van der Waals surface area contributed by atoms with Crippen molar-refractivity contribution >= 4 is 11.6 Å². The van der Waals surface area contributed by atoms with Crippen molar-refractivity contribution in [3.63, 3.8) is 0 Å². The second-order valence-corrected chi connectivity index (χ2v) is 9.24. The van der Waals surface area contributed by atoms with Crippen LogP contribution in [0.15, 0.2) is 30.3 Å². The lowest BCUT2D eigenvalue weighted by molar-refractivity contribution is -0.141. The molecule has 0 bridgehead atoms. The van der Waals surface area contributed by atoms with Gasteiger partial charge in [-0.05, 0) is 29.7 Å². The zero-order valence-corrected chi connectivity index (χ0v) is 18.1. The minimum atomic E-state index is 0.169. The van der Waals surface area contributed by atoms with Gasteiger partial charge in [0.05, 0.1) is 12.7 Å². The molecule has 0 heterocycles. The highest BCUT2D eigenvalue weighted by atomic mass is 16.5. The summed E-state index contributed by atoms with van der Waals surface area (Å²) in [5.41, 5.74) is 1.20. The van der Waals surface area contributed by atoms with Crippen molar-refractivity contribution in [2.24, 2.45) is 17.8 Å². The van der Waals surface area contributed by atoms with Gasteiger partial charge in [0.15, 0.2) is 0 Å². The Bertz CT molecular complexity index is 599. The maximum atomic E-state index is 11.7. The molecule has 0 aliphatic heterocycles. The van der Waals surface area contributed by atoms with Crippen LogP contribution in [-0.4, -0.2) is 17.7 Å². The number of benzene rings is 1. The van der Waals surface area contributed by atoms with Crippen molar-refractivity contribution in [2.45, 2.75) is 96.7 Å². The maximum absolute atomic E-state index is 11.7. The molecule has 2 fully saturated rings. The molecule has 3 rings (SSSR count). The number of ether oxygens (including phenoxy) is 1. The molecule has 0 saturated heterocycles. The molecule has 1 unspecified atom stereocenters. The van der Waals surface area contributed by atoms with Crippen LogP contribution in [0, 0.1) is 17.8 Å². The van der Waals surface area contributed by atoms with E-state index in [2.05, 4.69) is 31.2 Å². The fourth-order valence-electron chi connectivity index (χ4n) is 5.05. The Labute approximate surface area is 176 Å². The van der Waals surface area contributed by atoms with E-state index >= 15 is 0 Å². The first kappa shape index (κ1) is 22.2. The van der Waals surface area contributed by atoms with E-state index in [9.17, 15) is 9.59 Å². The van der Waals surface area contributed by atoms with E-state index in [1.54, 1.807) is 0 Å². The second-order valence-electron chi connectivity index (χ2n) is 9.24. The van der Waals surface area contributed by atoms with Gasteiger partial charge in [-0.3, -0.25) is 9.59 Å². The first-order valence-corrected chi connectivity index (χ1v) is 11.9. The van der Waals surface area contributed by atoms with Gasteiger partial charge < -0.3 is 4.74 Å². The van der Waals surface area contributed by atoms with E-state index < -0.39 is 0 Å². The number of ketones is 2. The molecule has 3 nitrogen and oxygen atoms in total. The van der Waals surface area contributed by atoms with E-state index in [-0.39, 0.29) is 6.10 Å². The molecule has 0 amide bonds. The third-order valence-electron chi connectivity index (χ3n) is 6.88. The van der Waals surface area contributed by atoms with Crippen LogP contribution < -0.4 is 0 Å². The Hall–Kier alpha value is -1.48. The zero-order valence-electron chi connectivity index (χ0n) is 18.1. The van der Waals surface area contributed by atoms with Crippen LogP contribution >= 0.6 is 0 Å². The Morgan fingerprint density at radius 2 is 1.38 bits per heavy atom. The molecule has 2 aliphatic rings. The molecule has 0 N–H and O–H groups in total. The van der Waals surface area contributed by atoms with Gasteiger partial charge in [0.2, 0.25) is 0 Å². The van der Waals surface area contributed by atoms with Gasteiger partial charge in [0, 0.05) is 25.7 Å². The zero-order chi connectivity index (χ0) is 20.5. The van der Waals surface area contributed by atoms with Crippen LogP contribution in [0.25, 0.3) is 0 Å². The van der Waals surface area contributed by atoms with E-state index in [0.717, 1.165) is 6.42 Å². The van der Waals surface area contributed by atoms with Crippen LogP contribution in [-0.2, 0) is 20.9 Å². The minimum absolute atomic E-state index is 0.169. The maximum Gasteiger partial charge on any atom is 0.133 e. The number of carbonyl (C=O) groups excluding carboxylic acids is 2. The number of unbranched alkanes of at least 4 members (excludes halogenated alkanes) is 6. The highest BCUT2D eigenvalue weighted by Crippen LogP contribution is 2.45. The second kappa shape index (κ2) is 11.6. The predicted octanol–water partition coefficient (Wildman–Crippen LogP) is 6.29. The number of rotatable bonds is 14. The molecule has 29 heavy (non-hydrogen) atoms. The first-order valence-electron chi connectivity index (χ1n) is 11.9. The Morgan fingerprint density at radius 3 is 1.93 bits per heavy atom. The number of Topliss-reactive ketones (excluding diaryl/α,β-unsaturated/α-hetero) is 2. The molecule has 2 aliphatic carbocycles. The molecule has 1 atom stereocenters. The van der Waals surface area contributed by atoms with Gasteiger partial charge in [0.25, 0.3) is 0 Å². The summed E-state index contributed by atoms with van der Waals surface area (Å²) in [6.07, 6.45) is 13.1. The quantitative estimate of drug-likeness (QED) is 0.346. The summed E-state index contributed by atoms with van der Waals surface area (Å²) >= 11 is 0. The summed E-state index contributed by atoms with van der Waals surface area (Å²) in [6.45, 7) is 2.88. The summed E-state index contributed by atoms with van der Waals surface area (Å²) in [6, 6.07) is 10.4. The predicted molar refractivity (Wildman–Crippen MR) is 117 cm³/mol. The van der Waals surface area contributed by atoms with Gasteiger partial charge >= 0.3 is 0 Å². The molecule has 1 aromatic carbocycles. The number of hydrogen-bond acceptors (Lipinski definition) is 3. The summed E-state index contributed by atoms with van der Waals surface area (Å²) in [5, 5.41) is 0. The fourth-order valence-corrected chi connectivity index (χ4v) is 5.05. The van der Waals surface area contributed by atoms with Crippen LogP contribution in [0.1, 0.15) is 89.5 Å². The van der Waals surface area contributed by atoms with Crippen molar-refractivity contribution in [1.82, 2.24) is 0 Å². The summed E-state index contributed by atoms with van der Waals surface area (Å²) < 4.78 is 6.50. The van der Waals surface area contributed by atoms with Crippen molar-refractivity contribution in [3.05, 3.63) is 35.9 Å². The van der Waals surface area contributed by atoms with Crippen molar-refractivity contribution < 1.29 is 14.3 Å². The van der Waals surface area contributed by atoms with Gasteiger partial charge in [-0.25, -0.2) is 0 Å². The molecule has 2 saturated carbocycles. The topological polar surface area (TPSA) is 43.4 Å². The average Bonchev–Trinajstić information content (AvgIpc) is 2.68. The van der Waals surface area contributed by atoms with Crippen LogP contribution in [0.5, 0.6) is 0 Å². The van der Waals surface area contributed by atoms with E-state index in [1.807, 2.05) is 6.07 Å². The summed E-state index contributed by atoms with van der Waals surface area (Å²) in [4.78, 5) is 23.4. The SMILES string of the molecule is CCCCCCCCCC(OCc1ccccc1)C(C1CC(=O)C1)C1CC(=O)C1. The molecule has 160 valence electrons. The largest absolute Gasteiger partial charge is 0.373 e. The summed E-state index contributed by atoms with van der Waals surface area (Å²) in [5.74, 6) is 1.97. The molecule has 0 radical (unpaired) electrons. The highest BCUT2D eigenvalue weighted by molar-refractivity contribution is 5.86. The van der Waals surface area contributed by atoms with Gasteiger partial charge in [-0.15, -0.1) is 0 Å². The van der Waals surface area contributed by atoms with E-state index in [1.165, 1.54) is 50.5 Å². The Kier molecular flexibility index (Phi) is 8.92. The standard InChI is InChI=1S/C26H38O3/c1-2-3-4-5-6-7-11-14-25(29-19-20-12-9-8-10-13-20)26(21-15-23(27)16-21)22-17-24(28)18-22/h8-10,12-13,21-22,25-26H,2-7,11,14-19H2,1H3. The number of hydrogen-bond donors (Lipinski definition) is 0. The van der Waals surface area contributed by atoms with Crippen LogP contribution in [0.4, 0.5) is 0 Å². The van der Waals surface area contributed by atoms with Crippen molar-refractivity contribution in [2.75, 3.05) is 0 Å². The van der Waals surface area contributed by atoms with Crippen molar-refractivity contribution in [1.29, 1.82) is 0 Å². The van der Waals surface area contributed by atoms with E-state index in [0.29, 0.717) is 61.6 Å². The molecule has 1 aromatic rings. The van der Waals surface area contributed by atoms with Crippen molar-refractivity contribution in [3.8, 4) is 0 Å². The third kappa shape index (κ3) is 6.77.